The monoisotopic (exact) mass is 266 g/mol. The van der Waals surface area contributed by atoms with Gasteiger partial charge in [-0.3, -0.25) is 9.59 Å². The Kier molecular flexibility index (Phi) is 3.33. The maximum atomic E-state index is 11.7. The minimum absolute atomic E-state index is 0.144. The number of phenols is 2. The number of amides is 1. The Bertz CT molecular complexity index is 612. The highest BCUT2D eigenvalue weighted by Gasteiger charge is 2.08. The Labute approximate surface area is 106 Å². The summed E-state index contributed by atoms with van der Waals surface area (Å²) in [6.07, 6.45) is 0. The van der Waals surface area contributed by atoms with Crippen LogP contribution in [0.25, 0.3) is 0 Å². The molecular formula is C11H10N2O4S. The van der Waals surface area contributed by atoms with Crippen molar-refractivity contribution in [1.29, 1.82) is 0 Å². The number of aromatic nitrogens is 1. The molecule has 4 N–H and O–H groups in total. The summed E-state index contributed by atoms with van der Waals surface area (Å²) in [7, 11) is 0. The van der Waals surface area contributed by atoms with Gasteiger partial charge in [0.25, 0.3) is 5.91 Å². The second-order valence-electron chi connectivity index (χ2n) is 3.59. The average Bonchev–Trinajstić information content (AvgIpc) is 2.70. The first-order valence-corrected chi connectivity index (χ1v) is 5.90. The van der Waals surface area contributed by atoms with E-state index in [1.165, 1.54) is 12.1 Å². The summed E-state index contributed by atoms with van der Waals surface area (Å²) < 4.78 is 0. The van der Waals surface area contributed by atoms with Crippen LogP contribution in [0.2, 0.25) is 0 Å². The van der Waals surface area contributed by atoms with Crippen molar-refractivity contribution in [3.05, 3.63) is 44.5 Å². The fraction of sp³-hybridized carbons (Fsp3) is 0.0909. The highest BCUT2D eigenvalue weighted by Crippen LogP contribution is 2.20. The van der Waals surface area contributed by atoms with Gasteiger partial charge in [-0.05, 0) is 12.1 Å². The molecule has 0 aliphatic carbocycles. The van der Waals surface area contributed by atoms with E-state index in [0.29, 0.717) is 5.69 Å². The van der Waals surface area contributed by atoms with E-state index in [2.05, 4.69) is 10.3 Å². The molecule has 0 saturated carbocycles. The van der Waals surface area contributed by atoms with Gasteiger partial charge in [0.15, 0.2) is 0 Å². The third kappa shape index (κ3) is 2.89. The van der Waals surface area contributed by atoms with Gasteiger partial charge in [-0.1, -0.05) is 11.3 Å². The van der Waals surface area contributed by atoms with Gasteiger partial charge in [-0.25, -0.2) is 0 Å². The molecule has 0 saturated heterocycles. The van der Waals surface area contributed by atoms with E-state index in [4.69, 9.17) is 0 Å². The largest absolute Gasteiger partial charge is 0.508 e. The molecule has 94 valence electrons. The van der Waals surface area contributed by atoms with Crippen LogP contribution < -0.4 is 10.2 Å². The zero-order chi connectivity index (χ0) is 13.1. The number of phenolic OH excluding ortho intramolecular Hbond substituents is 2. The van der Waals surface area contributed by atoms with Gasteiger partial charge in [0.05, 0.1) is 6.54 Å². The molecule has 2 aromatic rings. The summed E-state index contributed by atoms with van der Waals surface area (Å²) in [5.41, 5.74) is 0.743. The number of hydrogen-bond acceptors (Lipinski definition) is 5. The lowest BCUT2D eigenvalue weighted by Gasteiger charge is -2.04. The van der Waals surface area contributed by atoms with Gasteiger partial charge in [0.1, 0.15) is 11.5 Å². The van der Waals surface area contributed by atoms with Gasteiger partial charge in [0.2, 0.25) is 0 Å². The van der Waals surface area contributed by atoms with Crippen molar-refractivity contribution in [2.45, 2.75) is 6.54 Å². The van der Waals surface area contributed by atoms with Gasteiger partial charge in [0, 0.05) is 22.7 Å². The van der Waals surface area contributed by atoms with Crippen LogP contribution in [0.15, 0.2) is 28.4 Å². The van der Waals surface area contributed by atoms with Gasteiger partial charge < -0.3 is 20.5 Å². The normalized spacial score (nSPS) is 10.2. The average molecular weight is 266 g/mol. The molecule has 18 heavy (non-hydrogen) atoms. The minimum atomic E-state index is -0.451. The van der Waals surface area contributed by atoms with Crippen LogP contribution >= 0.6 is 11.3 Å². The number of hydrogen-bond donors (Lipinski definition) is 4. The smallest absolute Gasteiger partial charge is 0.304 e. The van der Waals surface area contributed by atoms with Crippen molar-refractivity contribution in [1.82, 2.24) is 10.3 Å². The van der Waals surface area contributed by atoms with Crippen molar-refractivity contribution < 1.29 is 15.0 Å². The van der Waals surface area contributed by atoms with Crippen LogP contribution in [0.4, 0.5) is 0 Å². The van der Waals surface area contributed by atoms with E-state index in [9.17, 15) is 19.8 Å². The Morgan fingerprint density at radius 1 is 1.28 bits per heavy atom. The number of H-pyrrole nitrogens is 1. The van der Waals surface area contributed by atoms with Crippen LogP contribution in [0.5, 0.6) is 11.5 Å². The number of aromatic amines is 1. The second kappa shape index (κ2) is 4.92. The predicted molar refractivity (Wildman–Crippen MR) is 65.9 cm³/mol. The molecule has 0 fully saturated rings. The molecule has 1 heterocycles. The lowest BCUT2D eigenvalue weighted by molar-refractivity contribution is 0.0949. The summed E-state index contributed by atoms with van der Waals surface area (Å²) in [5, 5.41) is 22.7. The van der Waals surface area contributed by atoms with E-state index in [-0.39, 0.29) is 28.5 Å². The standard InChI is InChI=1S/C11H10N2O4S/c14-8-1-6(2-9(15)3-8)10(16)12-4-7-5-18-11(17)13-7/h1-3,5,14-15H,4H2,(H,12,16)(H,13,17). The molecule has 6 nitrogen and oxygen atoms in total. The maximum Gasteiger partial charge on any atom is 0.304 e. The number of benzene rings is 1. The molecule has 0 radical (unpaired) electrons. The molecular weight excluding hydrogens is 256 g/mol. The zero-order valence-electron chi connectivity index (χ0n) is 9.14. The van der Waals surface area contributed by atoms with E-state index < -0.39 is 5.91 Å². The van der Waals surface area contributed by atoms with Gasteiger partial charge in [-0.15, -0.1) is 0 Å². The molecule has 7 heteroatoms. The Hall–Kier alpha value is -2.28. The number of carbonyl (C=O) groups excluding carboxylic acids is 1. The zero-order valence-corrected chi connectivity index (χ0v) is 9.95. The number of aromatic hydroxyl groups is 2. The number of nitrogens with one attached hydrogen (secondary N) is 2. The molecule has 0 bridgehead atoms. The maximum absolute atomic E-state index is 11.7. The van der Waals surface area contributed by atoms with Crippen molar-refractivity contribution in [2.24, 2.45) is 0 Å². The van der Waals surface area contributed by atoms with Crippen LogP contribution in [0.3, 0.4) is 0 Å². The first kappa shape index (κ1) is 12.2. The summed E-state index contributed by atoms with van der Waals surface area (Å²) in [5.74, 6) is -0.832. The first-order chi connectivity index (χ1) is 8.54. The summed E-state index contributed by atoms with van der Waals surface area (Å²) in [6, 6.07) is 3.62. The molecule has 0 aliphatic heterocycles. The van der Waals surface area contributed by atoms with E-state index >= 15 is 0 Å². The van der Waals surface area contributed by atoms with Crippen LogP contribution in [-0.4, -0.2) is 21.1 Å². The van der Waals surface area contributed by atoms with E-state index in [1.807, 2.05) is 0 Å². The van der Waals surface area contributed by atoms with E-state index in [0.717, 1.165) is 17.4 Å². The van der Waals surface area contributed by atoms with E-state index in [1.54, 1.807) is 5.38 Å². The molecule has 0 atom stereocenters. The third-order valence-corrected chi connectivity index (χ3v) is 2.89. The minimum Gasteiger partial charge on any atom is -0.508 e. The van der Waals surface area contributed by atoms with Crippen LogP contribution in [0, 0.1) is 0 Å². The quantitative estimate of drug-likeness (QED) is 0.659. The number of rotatable bonds is 3. The number of thiazole rings is 1. The summed E-state index contributed by atoms with van der Waals surface area (Å²) >= 11 is 1.01. The van der Waals surface area contributed by atoms with Crippen LogP contribution in [-0.2, 0) is 6.54 Å². The van der Waals surface area contributed by atoms with Crippen molar-refractivity contribution >= 4 is 17.2 Å². The van der Waals surface area contributed by atoms with Crippen molar-refractivity contribution in [3.8, 4) is 11.5 Å². The fourth-order valence-electron chi connectivity index (χ4n) is 1.40. The topological polar surface area (TPSA) is 102 Å². The van der Waals surface area contributed by atoms with Gasteiger partial charge in [-0.2, -0.15) is 0 Å². The molecule has 1 aromatic carbocycles. The lowest BCUT2D eigenvalue weighted by Crippen LogP contribution is -2.23. The lowest BCUT2D eigenvalue weighted by atomic mass is 10.2. The molecule has 0 spiro atoms. The molecule has 1 aromatic heterocycles. The molecule has 0 aliphatic rings. The third-order valence-electron chi connectivity index (χ3n) is 2.17. The highest BCUT2D eigenvalue weighted by atomic mass is 32.1. The van der Waals surface area contributed by atoms with Crippen molar-refractivity contribution in [3.63, 3.8) is 0 Å². The second-order valence-corrected chi connectivity index (χ2v) is 4.44. The summed E-state index contributed by atoms with van der Waals surface area (Å²) in [4.78, 5) is 25.0. The summed E-state index contributed by atoms with van der Waals surface area (Å²) in [6.45, 7) is 0.175. The Balaban J connectivity index is 2.05. The molecule has 0 unspecified atom stereocenters. The molecule has 2 rings (SSSR count). The Morgan fingerprint density at radius 3 is 2.50 bits per heavy atom. The molecule has 1 amide bonds. The SMILES string of the molecule is O=C(NCc1csc(=O)[nH]1)c1cc(O)cc(O)c1. The first-order valence-electron chi connectivity index (χ1n) is 5.02. The predicted octanol–water partition coefficient (Wildman–Crippen LogP) is 0.778. The highest BCUT2D eigenvalue weighted by molar-refractivity contribution is 7.07. The van der Waals surface area contributed by atoms with Gasteiger partial charge >= 0.3 is 4.87 Å². The van der Waals surface area contributed by atoms with Crippen LogP contribution in [0.1, 0.15) is 16.1 Å². The number of carbonyl (C=O) groups is 1. The fourth-order valence-corrected chi connectivity index (χ4v) is 1.99. The van der Waals surface area contributed by atoms with Crippen molar-refractivity contribution in [2.75, 3.05) is 0 Å². The Morgan fingerprint density at radius 2 is 1.94 bits per heavy atom.